The Kier molecular flexibility index (Phi) is 4.32. The Morgan fingerprint density at radius 2 is 2.00 bits per heavy atom. The van der Waals surface area contributed by atoms with Crippen molar-refractivity contribution in [1.82, 2.24) is 9.55 Å². The number of nitro groups is 1. The normalized spacial score (nSPS) is 20.5. The molecule has 1 aromatic heterocycles. The lowest BCUT2D eigenvalue weighted by Crippen LogP contribution is -2.45. The maximum absolute atomic E-state index is 11.0. The molecule has 1 unspecified atom stereocenters. The van der Waals surface area contributed by atoms with Gasteiger partial charge in [0.25, 0.3) is 0 Å². The largest absolute Gasteiger partial charge is 0.411 e. The van der Waals surface area contributed by atoms with E-state index in [9.17, 15) is 10.1 Å². The van der Waals surface area contributed by atoms with Crippen LogP contribution in [0.2, 0.25) is 18.1 Å². The lowest BCUT2D eigenvalue weighted by atomic mass is 10.1. The third kappa shape index (κ3) is 3.26. The van der Waals surface area contributed by atoms with Crippen molar-refractivity contribution in [1.29, 1.82) is 0 Å². The van der Waals surface area contributed by atoms with Gasteiger partial charge in [-0.2, -0.15) is 0 Å². The maximum Gasteiger partial charge on any atom is 0.381 e. The molecule has 0 fully saturated rings. The van der Waals surface area contributed by atoms with Gasteiger partial charge in [0.1, 0.15) is 6.20 Å². The predicted octanol–water partition coefficient (Wildman–Crippen LogP) is 4.33. The first-order chi connectivity index (χ1) is 11.6. The molecule has 0 amide bonds. The van der Waals surface area contributed by atoms with Crippen LogP contribution >= 0.6 is 0 Å². The van der Waals surface area contributed by atoms with Gasteiger partial charge >= 0.3 is 5.82 Å². The van der Waals surface area contributed by atoms with Crippen LogP contribution in [0.4, 0.5) is 5.82 Å². The minimum absolute atomic E-state index is 0.0351. The van der Waals surface area contributed by atoms with Crippen LogP contribution in [0.5, 0.6) is 0 Å². The quantitative estimate of drug-likeness (QED) is 0.463. The summed E-state index contributed by atoms with van der Waals surface area (Å²) in [5.74, 6) is -0.129. The van der Waals surface area contributed by atoms with Crippen LogP contribution in [0, 0.1) is 10.1 Å². The lowest BCUT2D eigenvalue weighted by molar-refractivity contribution is -0.389. The molecule has 0 radical (unpaired) electrons. The van der Waals surface area contributed by atoms with Crippen LogP contribution in [0.1, 0.15) is 37.9 Å². The number of rotatable bonds is 4. The first kappa shape index (κ1) is 17.8. The summed E-state index contributed by atoms with van der Waals surface area (Å²) in [5.41, 5.74) is 2.41. The third-order valence-corrected chi connectivity index (χ3v) is 10.00. The van der Waals surface area contributed by atoms with Gasteiger partial charge in [0.2, 0.25) is 6.33 Å². The fourth-order valence-electron chi connectivity index (χ4n) is 3.12. The van der Waals surface area contributed by atoms with Crippen molar-refractivity contribution in [3.63, 3.8) is 0 Å². The Morgan fingerprint density at radius 1 is 1.32 bits per heavy atom. The van der Waals surface area contributed by atoms with E-state index in [0.717, 1.165) is 6.42 Å². The zero-order valence-electron chi connectivity index (χ0n) is 15.4. The summed E-state index contributed by atoms with van der Waals surface area (Å²) in [5, 5.41) is 11.1. The molecule has 1 aromatic carbocycles. The second kappa shape index (κ2) is 6.07. The van der Waals surface area contributed by atoms with Crippen molar-refractivity contribution in [3.05, 3.63) is 58.0 Å². The highest BCUT2D eigenvalue weighted by molar-refractivity contribution is 6.74. The first-order valence-corrected chi connectivity index (χ1v) is 11.4. The molecule has 0 bridgehead atoms. The van der Waals surface area contributed by atoms with E-state index in [1.165, 1.54) is 17.3 Å². The van der Waals surface area contributed by atoms with Crippen LogP contribution in [-0.2, 0) is 10.8 Å². The number of imidazole rings is 1. The van der Waals surface area contributed by atoms with Crippen LogP contribution in [0.3, 0.4) is 0 Å². The van der Waals surface area contributed by atoms with Crippen LogP contribution in [0.15, 0.2) is 36.8 Å². The molecule has 0 saturated heterocycles. The predicted molar refractivity (Wildman–Crippen MR) is 99.2 cm³/mol. The second-order valence-electron chi connectivity index (χ2n) is 8.20. The summed E-state index contributed by atoms with van der Waals surface area (Å²) in [6, 6.07) is 8.16. The summed E-state index contributed by atoms with van der Waals surface area (Å²) in [6.07, 6.45) is 3.84. The van der Waals surface area contributed by atoms with E-state index in [0.29, 0.717) is 0 Å². The van der Waals surface area contributed by atoms with Gasteiger partial charge in [0.15, 0.2) is 8.32 Å². The van der Waals surface area contributed by atoms with E-state index in [-0.39, 0.29) is 23.0 Å². The molecule has 1 heterocycles. The summed E-state index contributed by atoms with van der Waals surface area (Å²) >= 11 is 0. The van der Waals surface area contributed by atoms with Gasteiger partial charge in [-0.3, -0.25) is 0 Å². The SMILES string of the molecule is CC(C)(C)[Si](C)(C)O[C@H]1Cc2ccccc2C1n1cnc([N+](=O)[O-])c1. The van der Waals surface area contributed by atoms with Crippen LogP contribution in [0.25, 0.3) is 0 Å². The molecule has 2 aromatic rings. The van der Waals surface area contributed by atoms with Crippen molar-refractivity contribution in [2.45, 2.75) is 57.5 Å². The van der Waals surface area contributed by atoms with Gasteiger partial charge in [-0.1, -0.05) is 45.0 Å². The molecule has 7 heteroatoms. The smallest absolute Gasteiger partial charge is 0.381 e. The molecule has 134 valence electrons. The Bertz CT molecular complexity index is 795. The molecule has 2 atom stereocenters. The van der Waals surface area contributed by atoms with Crippen LogP contribution < -0.4 is 0 Å². The zero-order valence-corrected chi connectivity index (χ0v) is 16.4. The van der Waals surface area contributed by atoms with E-state index < -0.39 is 13.2 Å². The highest BCUT2D eigenvalue weighted by atomic mass is 28.4. The van der Waals surface area contributed by atoms with E-state index in [1.807, 2.05) is 16.7 Å². The van der Waals surface area contributed by atoms with Crippen molar-refractivity contribution >= 4 is 14.1 Å². The zero-order chi connectivity index (χ0) is 18.4. The monoisotopic (exact) mass is 359 g/mol. The summed E-state index contributed by atoms with van der Waals surface area (Å²) in [6.45, 7) is 11.1. The van der Waals surface area contributed by atoms with Crippen LogP contribution in [-0.4, -0.2) is 28.9 Å². The topological polar surface area (TPSA) is 70.2 Å². The molecule has 1 aliphatic carbocycles. The van der Waals surface area contributed by atoms with Gasteiger partial charge in [-0.25, -0.2) is 0 Å². The third-order valence-electron chi connectivity index (χ3n) is 5.50. The number of hydrogen-bond acceptors (Lipinski definition) is 4. The average molecular weight is 360 g/mol. The second-order valence-corrected chi connectivity index (χ2v) is 13.0. The van der Waals surface area contributed by atoms with Gasteiger partial charge in [0, 0.05) is 6.42 Å². The maximum atomic E-state index is 11.0. The minimum atomic E-state index is -1.97. The fraction of sp³-hybridized carbons (Fsp3) is 0.500. The van der Waals surface area contributed by atoms with Gasteiger partial charge in [-0.05, 0) is 39.2 Å². The Morgan fingerprint density at radius 3 is 2.60 bits per heavy atom. The van der Waals surface area contributed by atoms with E-state index >= 15 is 0 Å². The van der Waals surface area contributed by atoms with Gasteiger partial charge < -0.3 is 19.1 Å². The molecule has 6 nitrogen and oxygen atoms in total. The number of aromatic nitrogens is 2. The van der Waals surface area contributed by atoms with Gasteiger partial charge in [0.05, 0.1) is 12.1 Å². The standard InChI is InChI=1S/C18H25N3O3Si/c1-18(2,3)25(4,5)24-15-10-13-8-6-7-9-14(13)17(15)20-11-16(19-12-20)21(22)23/h6-9,11-12,15,17H,10H2,1-5H3/t15-,17?/m0/s1. The van der Waals surface area contributed by atoms with Crippen molar-refractivity contribution < 1.29 is 9.35 Å². The molecule has 1 aliphatic rings. The molecule has 0 saturated carbocycles. The van der Waals surface area contributed by atoms with E-state index in [4.69, 9.17) is 4.43 Å². The van der Waals surface area contributed by atoms with Crippen molar-refractivity contribution in [2.75, 3.05) is 0 Å². The average Bonchev–Trinajstić information content (AvgIpc) is 3.09. The van der Waals surface area contributed by atoms with Crippen molar-refractivity contribution in [2.24, 2.45) is 0 Å². The summed E-state index contributed by atoms with van der Waals surface area (Å²) in [7, 11) is -1.97. The summed E-state index contributed by atoms with van der Waals surface area (Å²) in [4.78, 5) is 14.5. The molecular weight excluding hydrogens is 334 g/mol. The summed E-state index contributed by atoms with van der Waals surface area (Å²) < 4.78 is 8.54. The fourth-order valence-corrected chi connectivity index (χ4v) is 4.45. The molecular formula is C18H25N3O3Si. The molecule has 0 spiro atoms. The van der Waals surface area contributed by atoms with Crippen molar-refractivity contribution in [3.8, 4) is 0 Å². The highest BCUT2D eigenvalue weighted by Gasteiger charge is 2.44. The Balaban J connectivity index is 1.99. The molecule has 0 aliphatic heterocycles. The minimum Gasteiger partial charge on any atom is -0.411 e. The molecule has 0 N–H and O–H groups in total. The Hall–Kier alpha value is -1.99. The highest BCUT2D eigenvalue weighted by Crippen LogP contribution is 2.43. The molecule has 25 heavy (non-hydrogen) atoms. The number of fused-ring (bicyclic) bond motifs is 1. The Labute approximate surface area is 149 Å². The number of benzene rings is 1. The first-order valence-electron chi connectivity index (χ1n) is 8.53. The number of hydrogen-bond donors (Lipinski definition) is 0. The number of nitrogens with zero attached hydrogens (tertiary/aromatic N) is 3. The molecule has 3 rings (SSSR count). The van der Waals surface area contributed by atoms with E-state index in [1.54, 1.807) is 6.33 Å². The van der Waals surface area contributed by atoms with E-state index in [2.05, 4.69) is 51.0 Å². The van der Waals surface area contributed by atoms with Gasteiger partial charge in [-0.15, -0.1) is 0 Å². The lowest BCUT2D eigenvalue weighted by Gasteiger charge is -2.40.